The van der Waals surface area contributed by atoms with Crippen molar-refractivity contribution in [3.63, 3.8) is 0 Å². The van der Waals surface area contributed by atoms with Crippen LogP contribution < -0.4 is 10.6 Å². The lowest BCUT2D eigenvalue weighted by atomic mass is 9.91. The summed E-state index contributed by atoms with van der Waals surface area (Å²) in [7, 11) is 0. The van der Waals surface area contributed by atoms with Crippen molar-refractivity contribution >= 4 is 35.2 Å². The molecule has 28 heavy (non-hydrogen) atoms. The van der Waals surface area contributed by atoms with Crippen LogP contribution >= 0.6 is 0 Å². The Morgan fingerprint density at radius 3 is 2.61 bits per heavy atom. The molecule has 1 aromatic carbocycles. The number of nitrogens with one attached hydrogen (secondary N) is 2. The van der Waals surface area contributed by atoms with E-state index in [0.29, 0.717) is 11.5 Å². The summed E-state index contributed by atoms with van der Waals surface area (Å²) >= 11 is 0. The zero-order valence-corrected chi connectivity index (χ0v) is 15.0. The molecule has 0 aromatic heterocycles. The molecular formula is C19H18N4O5. The van der Waals surface area contributed by atoms with Crippen molar-refractivity contribution < 1.29 is 24.3 Å². The lowest BCUT2D eigenvalue weighted by Crippen LogP contribution is -2.58. The standard InChI is InChI=1S/C19H18N4O5/c1-19(10-15(24)22-14-4-2-3-9-23(14)19)18(28)21-13-7-5-12(6-8-13)17(27)20-11-16(25)26/h2-9H,10-11H2,1H3,(H,20,27)(H,21,28)(H,25,26). The highest BCUT2D eigenvalue weighted by Gasteiger charge is 2.45. The first kappa shape index (κ1) is 19.0. The Bertz CT molecular complexity index is 932. The van der Waals surface area contributed by atoms with Crippen LogP contribution in [0.2, 0.25) is 0 Å². The van der Waals surface area contributed by atoms with E-state index in [-0.39, 0.29) is 17.9 Å². The minimum absolute atomic E-state index is 0.0732. The van der Waals surface area contributed by atoms with Crippen molar-refractivity contribution in [2.24, 2.45) is 4.99 Å². The molecule has 2 aliphatic heterocycles. The van der Waals surface area contributed by atoms with Gasteiger partial charge in [0.1, 0.15) is 17.9 Å². The molecule has 9 heteroatoms. The van der Waals surface area contributed by atoms with E-state index in [0.717, 1.165) is 0 Å². The molecule has 3 N–H and O–H groups in total. The highest BCUT2D eigenvalue weighted by atomic mass is 16.4. The van der Waals surface area contributed by atoms with Crippen LogP contribution in [0.15, 0.2) is 53.7 Å². The molecule has 0 fully saturated rings. The summed E-state index contributed by atoms with van der Waals surface area (Å²) in [5.41, 5.74) is -0.446. The Morgan fingerprint density at radius 2 is 1.93 bits per heavy atom. The van der Waals surface area contributed by atoms with Gasteiger partial charge >= 0.3 is 5.97 Å². The topological polar surface area (TPSA) is 128 Å². The number of nitrogens with zero attached hydrogens (tertiary/aromatic N) is 2. The quantitative estimate of drug-likeness (QED) is 0.694. The van der Waals surface area contributed by atoms with Gasteiger partial charge in [-0.05, 0) is 43.3 Å². The number of hydrogen-bond acceptors (Lipinski definition) is 5. The zero-order chi connectivity index (χ0) is 20.3. The van der Waals surface area contributed by atoms with Crippen LogP contribution in [0.3, 0.4) is 0 Å². The number of rotatable bonds is 5. The van der Waals surface area contributed by atoms with Gasteiger partial charge < -0.3 is 20.6 Å². The third-order valence-electron chi connectivity index (χ3n) is 4.40. The van der Waals surface area contributed by atoms with Gasteiger partial charge in [0.2, 0.25) is 0 Å². The maximum absolute atomic E-state index is 12.9. The molecular weight excluding hydrogens is 364 g/mol. The second-order valence-electron chi connectivity index (χ2n) is 6.49. The van der Waals surface area contributed by atoms with Crippen LogP contribution in [-0.4, -0.2) is 51.6 Å². The van der Waals surface area contributed by atoms with E-state index in [4.69, 9.17) is 5.11 Å². The van der Waals surface area contributed by atoms with E-state index in [1.165, 1.54) is 24.3 Å². The maximum Gasteiger partial charge on any atom is 0.322 e. The van der Waals surface area contributed by atoms with Gasteiger partial charge in [0.25, 0.3) is 17.7 Å². The van der Waals surface area contributed by atoms with Crippen molar-refractivity contribution in [2.75, 3.05) is 11.9 Å². The fraction of sp³-hybridized carbons (Fsp3) is 0.211. The third kappa shape index (κ3) is 3.83. The van der Waals surface area contributed by atoms with Crippen LogP contribution in [0.25, 0.3) is 0 Å². The predicted molar refractivity (Wildman–Crippen MR) is 101 cm³/mol. The number of aliphatic carboxylic acids is 1. The minimum Gasteiger partial charge on any atom is -0.480 e. The molecule has 1 aromatic rings. The molecule has 1 atom stereocenters. The summed E-state index contributed by atoms with van der Waals surface area (Å²) in [4.78, 5) is 52.9. The molecule has 3 amide bonds. The Labute approximate surface area is 160 Å². The first-order chi connectivity index (χ1) is 13.3. The maximum atomic E-state index is 12.9. The Kier molecular flexibility index (Phi) is 5.08. The van der Waals surface area contributed by atoms with Crippen LogP contribution in [0.5, 0.6) is 0 Å². The molecule has 144 valence electrons. The summed E-state index contributed by atoms with van der Waals surface area (Å²) in [6, 6.07) is 6.00. The molecule has 0 aliphatic carbocycles. The molecule has 1 unspecified atom stereocenters. The lowest BCUT2D eigenvalue weighted by molar-refractivity contribution is -0.135. The Balaban J connectivity index is 1.72. The summed E-state index contributed by atoms with van der Waals surface area (Å²) < 4.78 is 0. The summed E-state index contributed by atoms with van der Waals surface area (Å²) in [5.74, 6) is -2.04. The van der Waals surface area contributed by atoms with Crippen molar-refractivity contribution in [1.82, 2.24) is 10.2 Å². The largest absolute Gasteiger partial charge is 0.480 e. The summed E-state index contributed by atoms with van der Waals surface area (Å²) in [5, 5.41) is 13.6. The normalized spacial score (nSPS) is 20.2. The second kappa shape index (κ2) is 7.47. The number of amidine groups is 1. The first-order valence-electron chi connectivity index (χ1n) is 8.47. The molecule has 0 saturated heterocycles. The van der Waals surface area contributed by atoms with Crippen molar-refractivity contribution in [3.05, 3.63) is 54.3 Å². The Hall–Kier alpha value is -3.75. The van der Waals surface area contributed by atoms with Crippen molar-refractivity contribution in [1.29, 1.82) is 0 Å². The van der Waals surface area contributed by atoms with Crippen molar-refractivity contribution in [3.8, 4) is 0 Å². The van der Waals surface area contributed by atoms with Gasteiger partial charge in [-0.15, -0.1) is 0 Å². The number of aliphatic imine (C=N–C) groups is 1. The molecule has 2 heterocycles. The number of carboxylic acid groups (broad SMARTS) is 1. The van der Waals surface area contributed by atoms with Gasteiger partial charge in [0.05, 0.1) is 6.42 Å². The average Bonchev–Trinajstić information content (AvgIpc) is 2.66. The predicted octanol–water partition coefficient (Wildman–Crippen LogP) is 0.912. The average molecular weight is 382 g/mol. The number of carbonyl (C=O) groups excluding carboxylic acids is 3. The van der Waals surface area contributed by atoms with E-state index in [1.807, 2.05) is 0 Å². The number of carbonyl (C=O) groups is 4. The molecule has 0 radical (unpaired) electrons. The van der Waals surface area contributed by atoms with E-state index in [2.05, 4.69) is 15.6 Å². The van der Waals surface area contributed by atoms with Crippen LogP contribution in [0, 0.1) is 0 Å². The molecule has 9 nitrogen and oxygen atoms in total. The van der Waals surface area contributed by atoms with Gasteiger partial charge in [-0.2, -0.15) is 4.99 Å². The van der Waals surface area contributed by atoms with Gasteiger partial charge in [-0.1, -0.05) is 6.08 Å². The number of anilines is 1. The second-order valence-corrected chi connectivity index (χ2v) is 6.49. The van der Waals surface area contributed by atoms with E-state index in [1.54, 1.807) is 36.3 Å². The highest BCUT2D eigenvalue weighted by molar-refractivity contribution is 6.12. The molecule has 2 aliphatic rings. The number of carboxylic acids is 1. The fourth-order valence-electron chi connectivity index (χ4n) is 2.91. The number of hydrogen-bond donors (Lipinski definition) is 3. The number of amides is 3. The van der Waals surface area contributed by atoms with E-state index in [9.17, 15) is 19.2 Å². The highest BCUT2D eigenvalue weighted by Crippen LogP contribution is 2.29. The SMILES string of the molecule is CC1(C(=O)Nc2ccc(C(=O)NCC(=O)O)cc2)CC(=O)N=C2C=CC=CN21. The summed E-state index contributed by atoms with van der Waals surface area (Å²) in [6.07, 6.45) is 6.77. The van der Waals surface area contributed by atoms with Crippen LogP contribution in [0.1, 0.15) is 23.7 Å². The zero-order valence-electron chi connectivity index (χ0n) is 15.0. The molecule has 0 saturated carbocycles. The minimum atomic E-state index is -1.15. The van der Waals surface area contributed by atoms with Crippen LogP contribution in [-0.2, 0) is 14.4 Å². The Morgan fingerprint density at radius 1 is 1.21 bits per heavy atom. The smallest absolute Gasteiger partial charge is 0.322 e. The summed E-state index contributed by atoms with van der Waals surface area (Å²) in [6.45, 7) is 1.18. The molecule has 0 bridgehead atoms. The van der Waals surface area contributed by atoms with Gasteiger partial charge in [0, 0.05) is 17.5 Å². The van der Waals surface area contributed by atoms with Gasteiger partial charge in [-0.3, -0.25) is 19.2 Å². The number of allylic oxidation sites excluding steroid dienone is 2. The monoisotopic (exact) mass is 382 g/mol. The number of fused-ring (bicyclic) bond motifs is 1. The van der Waals surface area contributed by atoms with Crippen molar-refractivity contribution in [2.45, 2.75) is 18.9 Å². The van der Waals surface area contributed by atoms with Gasteiger partial charge in [0.15, 0.2) is 0 Å². The molecule has 0 spiro atoms. The van der Waals surface area contributed by atoms with E-state index < -0.39 is 29.9 Å². The third-order valence-corrected chi connectivity index (χ3v) is 4.40. The van der Waals surface area contributed by atoms with Gasteiger partial charge in [-0.25, -0.2) is 0 Å². The van der Waals surface area contributed by atoms with E-state index >= 15 is 0 Å². The lowest BCUT2D eigenvalue weighted by Gasteiger charge is -2.41. The van der Waals surface area contributed by atoms with Crippen LogP contribution in [0.4, 0.5) is 5.69 Å². The fourth-order valence-corrected chi connectivity index (χ4v) is 2.91. The molecule has 3 rings (SSSR count). The first-order valence-corrected chi connectivity index (χ1v) is 8.47. The number of benzene rings is 1.